The van der Waals surface area contributed by atoms with Crippen LogP contribution in [0.1, 0.15) is 12.0 Å². The first kappa shape index (κ1) is 13.8. The minimum absolute atomic E-state index is 0.0890. The minimum Gasteiger partial charge on any atom is -0.497 e. The van der Waals surface area contributed by atoms with Crippen LogP contribution in [0, 0.1) is 0 Å². The maximum atomic E-state index is 14.2. The maximum Gasteiger partial charge on any atom is 0.345 e. The van der Waals surface area contributed by atoms with Crippen molar-refractivity contribution < 1.29 is 18.7 Å². The second-order valence-corrected chi connectivity index (χ2v) is 4.77. The largest absolute Gasteiger partial charge is 0.497 e. The molecule has 19 heavy (non-hydrogen) atoms. The van der Waals surface area contributed by atoms with Gasteiger partial charge in [-0.15, -0.1) is 0 Å². The lowest BCUT2D eigenvalue weighted by Gasteiger charge is -2.18. The molecule has 0 radical (unpaired) electrons. The topological polar surface area (TPSA) is 38.8 Å². The second kappa shape index (κ2) is 5.57. The molecule has 1 atom stereocenters. The standard InChI is InChI=1S/C14H18FNO3/c1-18-12-5-3-11(4-6-12)9-16-8-7-14(15,10-16)13(17)19-2/h3-6H,7-10H2,1-2H3/t14-/m0/s1. The van der Waals surface area contributed by atoms with Gasteiger partial charge in [0.25, 0.3) is 0 Å². The third-order valence-electron chi connectivity index (χ3n) is 3.41. The van der Waals surface area contributed by atoms with Crippen molar-refractivity contribution in [1.29, 1.82) is 0 Å². The molecule has 1 aliphatic heterocycles. The highest BCUT2D eigenvalue weighted by Gasteiger charge is 2.46. The van der Waals surface area contributed by atoms with Crippen molar-refractivity contribution in [2.75, 3.05) is 27.3 Å². The minimum atomic E-state index is -1.86. The molecule has 0 aliphatic carbocycles. The van der Waals surface area contributed by atoms with Gasteiger partial charge in [0, 0.05) is 26.1 Å². The summed E-state index contributed by atoms with van der Waals surface area (Å²) in [7, 11) is 2.83. The summed E-state index contributed by atoms with van der Waals surface area (Å²) >= 11 is 0. The summed E-state index contributed by atoms with van der Waals surface area (Å²) in [6.45, 7) is 1.26. The van der Waals surface area contributed by atoms with E-state index in [0.29, 0.717) is 13.1 Å². The Morgan fingerprint density at radius 2 is 2.05 bits per heavy atom. The zero-order valence-corrected chi connectivity index (χ0v) is 11.2. The first-order valence-corrected chi connectivity index (χ1v) is 6.20. The summed E-state index contributed by atoms with van der Waals surface area (Å²) < 4.78 is 23.8. The highest BCUT2D eigenvalue weighted by molar-refractivity contribution is 5.80. The Morgan fingerprint density at radius 1 is 1.37 bits per heavy atom. The van der Waals surface area contributed by atoms with Gasteiger partial charge in [-0.3, -0.25) is 4.90 Å². The van der Waals surface area contributed by atoms with E-state index in [0.717, 1.165) is 11.3 Å². The molecule has 104 valence electrons. The monoisotopic (exact) mass is 267 g/mol. The van der Waals surface area contributed by atoms with Crippen molar-refractivity contribution in [2.24, 2.45) is 0 Å². The number of hydrogen-bond donors (Lipinski definition) is 0. The van der Waals surface area contributed by atoms with Crippen molar-refractivity contribution in [3.8, 4) is 5.75 Å². The van der Waals surface area contributed by atoms with Gasteiger partial charge < -0.3 is 9.47 Å². The molecule has 0 saturated carbocycles. The van der Waals surface area contributed by atoms with E-state index in [1.54, 1.807) is 7.11 Å². The highest BCUT2D eigenvalue weighted by atomic mass is 19.1. The Morgan fingerprint density at radius 3 is 2.63 bits per heavy atom. The summed E-state index contributed by atoms with van der Waals surface area (Å²) in [6, 6.07) is 7.62. The zero-order chi connectivity index (χ0) is 13.9. The van der Waals surface area contributed by atoms with Gasteiger partial charge in [0.05, 0.1) is 14.2 Å². The zero-order valence-electron chi connectivity index (χ0n) is 11.2. The molecule has 0 bridgehead atoms. The third-order valence-corrected chi connectivity index (χ3v) is 3.41. The van der Waals surface area contributed by atoms with E-state index < -0.39 is 11.6 Å². The molecule has 1 heterocycles. The quantitative estimate of drug-likeness (QED) is 0.780. The SMILES string of the molecule is COC(=O)[C@]1(F)CCN(Cc2ccc(OC)cc2)C1. The third kappa shape index (κ3) is 3.04. The van der Waals surface area contributed by atoms with Crippen LogP contribution in [0.4, 0.5) is 4.39 Å². The summed E-state index contributed by atoms with van der Waals surface area (Å²) in [5.41, 5.74) is -0.795. The summed E-state index contributed by atoms with van der Waals surface area (Å²) in [5, 5.41) is 0. The smallest absolute Gasteiger partial charge is 0.345 e. The average molecular weight is 267 g/mol. The van der Waals surface area contributed by atoms with Gasteiger partial charge in [0.2, 0.25) is 5.67 Å². The lowest BCUT2D eigenvalue weighted by atomic mass is 10.1. The van der Waals surface area contributed by atoms with Gasteiger partial charge in [0.1, 0.15) is 5.75 Å². The Kier molecular flexibility index (Phi) is 4.04. The molecule has 1 aromatic rings. The molecular weight excluding hydrogens is 249 g/mol. The van der Waals surface area contributed by atoms with Gasteiger partial charge in [-0.05, 0) is 17.7 Å². The van der Waals surface area contributed by atoms with E-state index in [9.17, 15) is 9.18 Å². The molecule has 1 saturated heterocycles. The van der Waals surface area contributed by atoms with E-state index in [1.807, 2.05) is 29.2 Å². The molecule has 4 nitrogen and oxygen atoms in total. The summed E-state index contributed by atoms with van der Waals surface area (Å²) in [5.74, 6) is 0.0179. The number of benzene rings is 1. The van der Waals surface area contributed by atoms with E-state index in [-0.39, 0.29) is 13.0 Å². The van der Waals surface area contributed by atoms with Crippen LogP contribution < -0.4 is 4.74 Å². The maximum absolute atomic E-state index is 14.2. The van der Waals surface area contributed by atoms with Gasteiger partial charge in [-0.1, -0.05) is 12.1 Å². The first-order chi connectivity index (χ1) is 9.07. The first-order valence-electron chi connectivity index (χ1n) is 6.20. The van der Waals surface area contributed by atoms with Gasteiger partial charge in [-0.25, -0.2) is 9.18 Å². The molecule has 1 aliphatic rings. The molecule has 0 amide bonds. The van der Waals surface area contributed by atoms with Crippen molar-refractivity contribution in [1.82, 2.24) is 4.90 Å². The number of carbonyl (C=O) groups excluding carboxylic acids is 1. The van der Waals surface area contributed by atoms with E-state index in [1.165, 1.54) is 7.11 Å². The van der Waals surface area contributed by atoms with Crippen molar-refractivity contribution in [2.45, 2.75) is 18.6 Å². The fourth-order valence-electron chi connectivity index (χ4n) is 2.32. The molecule has 1 aromatic carbocycles. The fourth-order valence-corrected chi connectivity index (χ4v) is 2.32. The van der Waals surface area contributed by atoms with Crippen LogP contribution in [0.25, 0.3) is 0 Å². The van der Waals surface area contributed by atoms with Crippen LogP contribution in [0.2, 0.25) is 0 Å². The number of methoxy groups -OCH3 is 2. The molecule has 5 heteroatoms. The highest BCUT2D eigenvalue weighted by Crippen LogP contribution is 2.28. The summed E-state index contributed by atoms with van der Waals surface area (Å²) in [4.78, 5) is 13.3. The normalized spacial score (nSPS) is 23.3. The molecule has 0 aromatic heterocycles. The van der Waals surface area contributed by atoms with Crippen molar-refractivity contribution in [3.63, 3.8) is 0 Å². The van der Waals surface area contributed by atoms with Crippen LogP contribution in [-0.2, 0) is 16.1 Å². The Bertz CT molecular complexity index is 449. The molecule has 1 fully saturated rings. The number of likely N-dealkylation sites (tertiary alicyclic amines) is 1. The van der Waals surface area contributed by atoms with Crippen LogP contribution in [-0.4, -0.2) is 43.8 Å². The van der Waals surface area contributed by atoms with E-state index >= 15 is 0 Å². The number of carbonyl (C=O) groups is 1. The Balaban J connectivity index is 1.96. The van der Waals surface area contributed by atoms with Crippen LogP contribution >= 0.6 is 0 Å². The number of esters is 1. The average Bonchev–Trinajstić information content (AvgIpc) is 2.81. The number of rotatable bonds is 4. The Labute approximate surface area is 112 Å². The number of hydrogen-bond acceptors (Lipinski definition) is 4. The van der Waals surface area contributed by atoms with E-state index in [4.69, 9.17) is 4.74 Å². The molecule has 0 unspecified atom stereocenters. The molecule has 0 spiro atoms. The predicted octanol–water partition coefficient (Wildman–Crippen LogP) is 1.78. The molecule has 0 N–H and O–H groups in total. The summed E-state index contributed by atoms with van der Waals surface area (Å²) in [6.07, 6.45) is 0.190. The van der Waals surface area contributed by atoms with Crippen LogP contribution in [0.5, 0.6) is 5.75 Å². The molecular formula is C14H18FNO3. The van der Waals surface area contributed by atoms with Gasteiger partial charge >= 0.3 is 5.97 Å². The number of ether oxygens (including phenoxy) is 2. The van der Waals surface area contributed by atoms with Crippen molar-refractivity contribution in [3.05, 3.63) is 29.8 Å². The van der Waals surface area contributed by atoms with Crippen LogP contribution in [0.15, 0.2) is 24.3 Å². The Hall–Kier alpha value is -1.62. The van der Waals surface area contributed by atoms with E-state index in [2.05, 4.69) is 4.74 Å². The van der Waals surface area contributed by atoms with Crippen molar-refractivity contribution >= 4 is 5.97 Å². The lowest BCUT2D eigenvalue weighted by Crippen LogP contribution is -2.37. The lowest BCUT2D eigenvalue weighted by molar-refractivity contribution is -0.153. The van der Waals surface area contributed by atoms with Gasteiger partial charge in [-0.2, -0.15) is 0 Å². The second-order valence-electron chi connectivity index (χ2n) is 4.77. The number of halogens is 1. The fraction of sp³-hybridized carbons (Fsp3) is 0.500. The number of nitrogens with zero attached hydrogens (tertiary/aromatic N) is 1. The van der Waals surface area contributed by atoms with Crippen LogP contribution in [0.3, 0.4) is 0 Å². The number of alkyl halides is 1. The predicted molar refractivity (Wildman–Crippen MR) is 68.7 cm³/mol. The molecule has 2 rings (SSSR count). The van der Waals surface area contributed by atoms with Gasteiger partial charge in [0.15, 0.2) is 0 Å².